The van der Waals surface area contributed by atoms with Crippen LogP contribution in [0.15, 0.2) is 24.4 Å². The summed E-state index contributed by atoms with van der Waals surface area (Å²) in [5.74, 6) is -0.788. The van der Waals surface area contributed by atoms with Crippen LogP contribution in [0.25, 0.3) is 0 Å². The van der Waals surface area contributed by atoms with E-state index < -0.39 is 12.1 Å². The van der Waals surface area contributed by atoms with Crippen molar-refractivity contribution in [1.29, 1.82) is 0 Å². The van der Waals surface area contributed by atoms with E-state index in [1.807, 2.05) is 24.4 Å². The fraction of sp³-hybridized carbons (Fsp3) is 0.684. The third kappa shape index (κ3) is 6.07. The minimum atomic E-state index is -5.08. The Morgan fingerprint density at radius 2 is 2.00 bits per heavy atom. The molecule has 3 heterocycles. The molecule has 2 N–H and O–H groups in total. The molecule has 3 aliphatic rings. The summed E-state index contributed by atoms with van der Waals surface area (Å²) in [5.41, 5.74) is 0.131. The molecule has 1 aromatic rings. The number of carboxylic acid groups (broad SMARTS) is 1. The number of aromatic nitrogens is 1. The average molecular weight is 401 g/mol. The second kappa shape index (κ2) is 8.65. The summed E-state index contributed by atoms with van der Waals surface area (Å²) < 4.78 is 38.0. The molecule has 0 radical (unpaired) electrons. The number of hydrogen-bond donors (Lipinski definition) is 2. The molecule has 1 spiro atoms. The molecule has 2 saturated heterocycles. The molecule has 1 atom stereocenters. The van der Waals surface area contributed by atoms with Gasteiger partial charge in [0.05, 0.1) is 18.2 Å². The van der Waals surface area contributed by atoms with Crippen molar-refractivity contribution in [2.45, 2.75) is 49.9 Å². The number of aliphatic carboxylic acids is 1. The van der Waals surface area contributed by atoms with Crippen LogP contribution in [0.5, 0.6) is 0 Å². The smallest absolute Gasteiger partial charge is 0.475 e. The first kappa shape index (κ1) is 20.9. The number of piperidine rings is 1. The summed E-state index contributed by atoms with van der Waals surface area (Å²) in [5, 5.41) is 10.6. The number of rotatable bonds is 4. The van der Waals surface area contributed by atoms with Crippen molar-refractivity contribution in [3.8, 4) is 0 Å². The first-order chi connectivity index (χ1) is 13.3. The minimum absolute atomic E-state index is 0.131. The number of carbonyl (C=O) groups is 1. The molecule has 1 aromatic heterocycles. The second-order valence-electron chi connectivity index (χ2n) is 7.80. The normalized spacial score (nSPS) is 24.5. The van der Waals surface area contributed by atoms with Crippen LogP contribution >= 0.6 is 0 Å². The van der Waals surface area contributed by atoms with E-state index in [-0.39, 0.29) is 5.60 Å². The molecule has 1 saturated carbocycles. The van der Waals surface area contributed by atoms with Crippen LogP contribution in [0.1, 0.15) is 32.1 Å². The van der Waals surface area contributed by atoms with Crippen LogP contribution in [-0.2, 0) is 9.53 Å². The number of ether oxygens (including phenoxy) is 1. The molecule has 4 rings (SSSR count). The summed E-state index contributed by atoms with van der Waals surface area (Å²) in [4.78, 5) is 15.9. The van der Waals surface area contributed by atoms with E-state index in [4.69, 9.17) is 14.6 Å². The number of hydrogen-bond acceptors (Lipinski definition) is 5. The number of carboxylic acids is 1. The van der Waals surface area contributed by atoms with Crippen molar-refractivity contribution >= 4 is 11.8 Å². The number of nitrogens with zero attached hydrogens (tertiary/aromatic N) is 2. The lowest BCUT2D eigenvalue weighted by atomic mass is 9.87. The van der Waals surface area contributed by atoms with E-state index in [9.17, 15) is 13.2 Å². The summed E-state index contributed by atoms with van der Waals surface area (Å²) in [6, 6.07) is 6.42. The Balaban J connectivity index is 0.000000279. The summed E-state index contributed by atoms with van der Waals surface area (Å²) in [7, 11) is 0. The van der Waals surface area contributed by atoms with Crippen molar-refractivity contribution in [2.75, 3.05) is 31.6 Å². The van der Waals surface area contributed by atoms with Crippen LogP contribution < -0.4 is 5.32 Å². The fourth-order valence-electron chi connectivity index (χ4n) is 3.75. The number of likely N-dealkylation sites (tertiary alicyclic amines) is 1. The molecule has 0 bridgehead atoms. The highest BCUT2D eigenvalue weighted by molar-refractivity contribution is 5.73. The van der Waals surface area contributed by atoms with Gasteiger partial charge in [-0.05, 0) is 50.2 Å². The largest absolute Gasteiger partial charge is 0.490 e. The first-order valence-corrected chi connectivity index (χ1v) is 9.60. The third-order valence-electron chi connectivity index (χ3n) is 5.45. The van der Waals surface area contributed by atoms with Gasteiger partial charge in [0.1, 0.15) is 5.82 Å². The second-order valence-corrected chi connectivity index (χ2v) is 7.80. The summed E-state index contributed by atoms with van der Waals surface area (Å²) in [6.45, 7) is 4.57. The lowest BCUT2D eigenvalue weighted by Gasteiger charge is -2.38. The van der Waals surface area contributed by atoms with Crippen molar-refractivity contribution in [3.63, 3.8) is 0 Å². The Kier molecular flexibility index (Phi) is 6.44. The zero-order valence-electron chi connectivity index (χ0n) is 15.6. The molecular formula is C19H26F3N3O3. The Hall–Kier alpha value is -1.87. The van der Waals surface area contributed by atoms with Gasteiger partial charge in [-0.25, -0.2) is 9.78 Å². The predicted octanol–water partition coefficient (Wildman–Crippen LogP) is 3.16. The third-order valence-corrected chi connectivity index (χ3v) is 5.45. The van der Waals surface area contributed by atoms with Gasteiger partial charge in [-0.15, -0.1) is 0 Å². The van der Waals surface area contributed by atoms with Gasteiger partial charge >= 0.3 is 12.1 Å². The maximum absolute atomic E-state index is 10.6. The molecular weight excluding hydrogens is 375 g/mol. The van der Waals surface area contributed by atoms with Gasteiger partial charge in [-0.1, -0.05) is 6.07 Å². The predicted molar refractivity (Wildman–Crippen MR) is 97.0 cm³/mol. The topological polar surface area (TPSA) is 74.7 Å². The highest BCUT2D eigenvalue weighted by Crippen LogP contribution is 2.38. The van der Waals surface area contributed by atoms with Gasteiger partial charge in [0.25, 0.3) is 0 Å². The van der Waals surface area contributed by atoms with E-state index in [0.29, 0.717) is 6.04 Å². The highest BCUT2D eigenvalue weighted by atomic mass is 19.4. The molecule has 28 heavy (non-hydrogen) atoms. The maximum atomic E-state index is 10.6. The zero-order chi connectivity index (χ0) is 20.2. The number of anilines is 1. The number of pyridine rings is 1. The van der Waals surface area contributed by atoms with Crippen molar-refractivity contribution in [2.24, 2.45) is 5.92 Å². The van der Waals surface area contributed by atoms with Crippen molar-refractivity contribution in [3.05, 3.63) is 24.4 Å². The van der Waals surface area contributed by atoms with Gasteiger partial charge in [0.2, 0.25) is 0 Å². The van der Waals surface area contributed by atoms with Gasteiger partial charge in [-0.2, -0.15) is 13.2 Å². The Bertz CT molecular complexity index is 645. The van der Waals surface area contributed by atoms with Gasteiger partial charge in [-0.3, -0.25) is 0 Å². The van der Waals surface area contributed by atoms with Gasteiger partial charge in [0.15, 0.2) is 0 Å². The molecule has 156 valence electrons. The lowest BCUT2D eigenvalue weighted by Crippen LogP contribution is -2.45. The van der Waals surface area contributed by atoms with Crippen molar-refractivity contribution in [1.82, 2.24) is 9.88 Å². The van der Waals surface area contributed by atoms with Gasteiger partial charge in [0, 0.05) is 25.8 Å². The monoisotopic (exact) mass is 401 g/mol. The first-order valence-electron chi connectivity index (χ1n) is 9.60. The standard InChI is InChI=1S/C17H25N3O.C2HF3O2/c1-2-8-18-16(3-1)19-15-11-17(21-13-15)6-9-20(10-7-17)12-14-4-5-14;3-2(4,5)1(6)7/h1-3,8,14-15H,4-7,9-13H2,(H,18,19);(H,6,7). The highest BCUT2D eigenvalue weighted by Gasteiger charge is 2.43. The molecule has 0 amide bonds. The molecule has 1 unspecified atom stereocenters. The molecule has 2 aliphatic heterocycles. The lowest BCUT2D eigenvalue weighted by molar-refractivity contribution is -0.192. The van der Waals surface area contributed by atoms with Crippen LogP contribution in [0.4, 0.5) is 19.0 Å². The number of nitrogens with one attached hydrogen (secondary N) is 1. The zero-order valence-corrected chi connectivity index (χ0v) is 15.6. The van der Waals surface area contributed by atoms with Crippen molar-refractivity contribution < 1.29 is 27.8 Å². The quantitative estimate of drug-likeness (QED) is 0.807. The van der Waals surface area contributed by atoms with Gasteiger partial charge < -0.3 is 20.1 Å². The molecule has 1 aliphatic carbocycles. The number of halogens is 3. The maximum Gasteiger partial charge on any atom is 0.490 e. The van der Waals surface area contributed by atoms with E-state index in [0.717, 1.165) is 24.8 Å². The molecule has 9 heteroatoms. The Labute approximate surface area is 162 Å². The minimum Gasteiger partial charge on any atom is -0.475 e. The van der Waals surface area contributed by atoms with E-state index >= 15 is 0 Å². The SMILES string of the molecule is O=C(O)C(F)(F)F.c1ccc(NC2COC3(CCN(CC4CC4)CC3)C2)nc1. The van der Waals surface area contributed by atoms with Crippen LogP contribution in [0, 0.1) is 5.92 Å². The number of alkyl halides is 3. The van der Waals surface area contributed by atoms with E-state index in [2.05, 4.69) is 15.2 Å². The van der Waals surface area contributed by atoms with E-state index in [1.54, 1.807) is 0 Å². The van der Waals surface area contributed by atoms with E-state index in [1.165, 1.54) is 45.3 Å². The summed E-state index contributed by atoms with van der Waals surface area (Å²) >= 11 is 0. The van der Waals surface area contributed by atoms with Crippen LogP contribution in [0.2, 0.25) is 0 Å². The van der Waals surface area contributed by atoms with Crippen LogP contribution in [-0.4, -0.2) is 65.0 Å². The molecule has 6 nitrogen and oxygen atoms in total. The Morgan fingerprint density at radius 1 is 1.32 bits per heavy atom. The molecule has 0 aromatic carbocycles. The molecule has 3 fully saturated rings. The average Bonchev–Trinajstić information content (AvgIpc) is 3.39. The Morgan fingerprint density at radius 3 is 2.54 bits per heavy atom. The summed E-state index contributed by atoms with van der Waals surface area (Å²) in [6.07, 6.45) is 3.17. The van der Waals surface area contributed by atoms with Crippen LogP contribution in [0.3, 0.4) is 0 Å². The fourth-order valence-corrected chi connectivity index (χ4v) is 3.75.